The van der Waals surface area contributed by atoms with Crippen LogP contribution in [0, 0.1) is 11.3 Å². The highest BCUT2D eigenvalue weighted by Gasteiger charge is 2.26. The quantitative estimate of drug-likeness (QED) is 0.703. The molecule has 4 rings (SSSR count). The highest BCUT2D eigenvalue weighted by molar-refractivity contribution is 5.93. The van der Waals surface area contributed by atoms with E-state index in [1.807, 2.05) is 48.5 Å². The van der Waals surface area contributed by atoms with Gasteiger partial charge in [-0.2, -0.15) is 10.4 Å². The average Bonchev–Trinajstić information content (AvgIpc) is 3.14. The van der Waals surface area contributed by atoms with Gasteiger partial charge < -0.3 is 9.64 Å². The van der Waals surface area contributed by atoms with E-state index in [2.05, 4.69) is 11.2 Å². The Morgan fingerprint density at radius 3 is 2.74 bits per heavy atom. The molecule has 6 heteroatoms. The van der Waals surface area contributed by atoms with Gasteiger partial charge in [0.2, 0.25) is 0 Å². The summed E-state index contributed by atoms with van der Waals surface area (Å²) in [5.74, 6) is 0.718. The predicted molar refractivity (Wildman–Crippen MR) is 98.9 cm³/mol. The third kappa shape index (κ3) is 3.67. The Hall–Kier alpha value is -3.59. The summed E-state index contributed by atoms with van der Waals surface area (Å²) in [6.07, 6.45) is 0. The van der Waals surface area contributed by atoms with Crippen molar-refractivity contribution in [2.24, 2.45) is 0 Å². The number of aromatic nitrogens is 2. The summed E-state index contributed by atoms with van der Waals surface area (Å²) < 4.78 is 7.47. The zero-order valence-corrected chi connectivity index (χ0v) is 14.7. The number of carbonyl (C=O) groups is 1. The van der Waals surface area contributed by atoms with Crippen molar-refractivity contribution in [1.29, 1.82) is 5.26 Å². The Labute approximate surface area is 157 Å². The second-order valence-electron chi connectivity index (χ2n) is 6.38. The van der Waals surface area contributed by atoms with Gasteiger partial charge in [0.05, 0.1) is 18.2 Å². The van der Waals surface area contributed by atoms with Crippen LogP contribution in [-0.4, -0.2) is 27.1 Å². The third-order valence-corrected chi connectivity index (χ3v) is 4.48. The predicted octanol–water partition coefficient (Wildman–Crippen LogP) is 2.99. The van der Waals surface area contributed by atoms with E-state index in [0.717, 1.165) is 17.0 Å². The summed E-state index contributed by atoms with van der Waals surface area (Å²) in [5, 5.41) is 13.5. The molecule has 0 radical (unpaired) electrons. The second-order valence-corrected chi connectivity index (χ2v) is 6.38. The van der Waals surface area contributed by atoms with Crippen molar-refractivity contribution in [3.63, 3.8) is 0 Å². The number of amides is 1. The molecule has 2 aromatic carbocycles. The SMILES string of the molecule is N#Cc1cccc(CN2CCn3nc(COc4ccccc4)cc3C2=O)c1. The molecule has 1 aromatic heterocycles. The van der Waals surface area contributed by atoms with Gasteiger partial charge in [-0.3, -0.25) is 9.48 Å². The summed E-state index contributed by atoms with van der Waals surface area (Å²) in [5.41, 5.74) is 2.85. The molecule has 0 fully saturated rings. The van der Waals surface area contributed by atoms with Crippen molar-refractivity contribution < 1.29 is 9.53 Å². The molecule has 0 spiro atoms. The molecule has 1 amide bonds. The molecule has 0 saturated heterocycles. The van der Waals surface area contributed by atoms with Crippen molar-refractivity contribution in [3.8, 4) is 11.8 Å². The van der Waals surface area contributed by atoms with E-state index >= 15 is 0 Å². The Balaban J connectivity index is 1.46. The number of carbonyl (C=O) groups excluding carboxylic acids is 1. The molecular weight excluding hydrogens is 340 g/mol. The standard InChI is InChI=1S/C21H18N4O2/c22-13-16-5-4-6-17(11-16)14-24-9-10-25-20(21(24)26)12-18(23-25)15-27-19-7-2-1-3-8-19/h1-8,11-12H,9-10,14-15H2. The first kappa shape index (κ1) is 16.9. The van der Waals surface area contributed by atoms with Gasteiger partial charge in [0.25, 0.3) is 5.91 Å². The Morgan fingerprint density at radius 2 is 1.93 bits per heavy atom. The number of hydrogen-bond donors (Lipinski definition) is 0. The van der Waals surface area contributed by atoms with Gasteiger partial charge in [0, 0.05) is 13.1 Å². The molecule has 6 nitrogen and oxygen atoms in total. The molecule has 0 saturated carbocycles. The maximum Gasteiger partial charge on any atom is 0.272 e. The molecule has 1 aliphatic rings. The molecule has 3 aromatic rings. The van der Waals surface area contributed by atoms with E-state index in [1.165, 1.54) is 0 Å². The van der Waals surface area contributed by atoms with Crippen LogP contribution in [0.4, 0.5) is 0 Å². The van der Waals surface area contributed by atoms with Crippen LogP contribution in [0.3, 0.4) is 0 Å². The van der Waals surface area contributed by atoms with Gasteiger partial charge in [-0.05, 0) is 35.9 Å². The van der Waals surface area contributed by atoms with E-state index in [9.17, 15) is 4.79 Å². The zero-order valence-electron chi connectivity index (χ0n) is 14.7. The van der Waals surface area contributed by atoms with E-state index in [0.29, 0.717) is 37.5 Å². The van der Waals surface area contributed by atoms with Crippen molar-refractivity contribution in [2.45, 2.75) is 19.7 Å². The number of nitrogens with zero attached hydrogens (tertiary/aromatic N) is 4. The minimum atomic E-state index is -0.0536. The molecule has 0 aliphatic carbocycles. The number of benzene rings is 2. The summed E-state index contributed by atoms with van der Waals surface area (Å²) in [7, 11) is 0. The number of nitriles is 1. The summed E-state index contributed by atoms with van der Waals surface area (Å²) >= 11 is 0. The largest absolute Gasteiger partial charge is 0.487 e. The maximum absolute atomic E-state index is 12.8. The first-order chi connectivity index (χ1) is 13.2. The fraction of sp³-hybridized carbons (Fsp3) is 0.190. The van der Waals surface area contributed by atoms with Crippen molar-refractivity contribution in [3.05, 3.63) is 83.2 Å². The summed E-state index contributed by atoms with van der Waals surface area (Å²) in [6, 6.07) is 20.8. The molecule has 0 N–H and O–H groups in total. The number of hydrogen-bond acceptors (Lipinski definition) is 4. The summed E-state index contributed by atoms with van der Waals surface area (Å²) in [6.45, 7) is 2.03. The first-order valence-electron chi connectivity index (χ1n) is 8.76. The summed E-state index contributed by atoms with van der Waals surface area (Å²) in [4.78, 5) is 14.6. The minimum Gasteiger partial charge on any atom is -0.487 e. The molecule has 27 heavy (non-hydrogen) atoms. The molecule has 1 aliphatic heterocycles. The van der Waals surface area contributed by atoms with Crippen LogP contribution in [-0.2, 0) is 19.7 Å². The van der Waals surface area contributed by atoms with Gasteiger partial charge in [0.15, 0.2) is 0 Å². The molecule has 0 unspecified atom stereocenters. The molecular formula is C21H18N4O2. The van der Waals surface area contributed by atoms with Crippen LogP contribution in [0.25, 0.3) is 0 Å². The van der Waals surface area contributed by atoms with Crippen molar-refractivity contribution in [1.82, 2.24) is 14.7 Å². The lowest BCUT2D eigenvalue weighted by molar-refractivity contribution is 0.0683. The Kier molecular flexibility index (Phi) is 4.58. The van der Waals surface area contributed by atoms with E-state index in [1.54, 1.807) is 21.7 Å². The maximum atomic E-state index is 12.8. The Morgan fingerprint density at radius 1 is 1.07 bits per heavy atom. The molecule has 0 bridgehead atoms. The lowest BCUT2D eigenvalue weighted by atomic mass is 10.1. The fourth-order valence-corrected chi connectivity index (χ4v) is 3.15. The number of ether oxygens (including phenoxy) is 1. The van der Waals surface area contributed by atoms with Crippen molar-refractivity contribution in [2.75, 3.05) is 6.54 Å². The highest BCUT2D eigenvalue weighted by atomic mass is 16.5. The highest BCUT2D eigenvalue weighted by Crippen LogP contribution is 2.18. The lowest BCUT2D eigenvalue weighted by Crippen LogP contribution is -2.39. The number of fused-ring (bicyclic) bond motifs is 1. The van der Waals surface area contributed by atoms with Gasteiger partial charge in [0.1, 0.15) is 23.7 Å². The smallest absolute Gasteiger partial charge is 0.272 e. The van der Waals surface area contributed by atoms with Crippen LogP contribution in [0.15, 0.2) is 60.7 Å². The number of para-hydroxylation sites is 1. The molecule has 134 valence electrons. The van der Waals surface area contributed by atoms with Gasteiger partial charge in [-0.25, -0.2) is 0 Å². The monoisotopic (exact) mass is 358 g/mol. The van der Waals surface area contributed by atoms with Crippen LogP contribution in [0.2, 0.25) is 0 Å². The fourth-order valence-electron chi connectivity index (χ4n) is 3.15. The van der Waals surface area contributed by atoms with E-state index < -0.39 is 0 Å². The van der Waals surface area contributed by atoms with Gasteiger partial charge in [-0.15, -0.1) is 0 Å². The third-order valence-electron chi connectivity index (χ3n) is 4.48. The lowest BCUT2D eigenvalue weighted by Gasteiger charge is -2.27. The van der Waals surface area contributed by atoms with Crippen LogP contribution < -0.4 is 4.74 Å². The molecule has 0 atom stereocenters. The molecule has 2 heterocycles. The minimum absolute atomic E-state index is 0.0536. The van der Waals surface area contributed by atoms with E-state index in [4.69, 9.17) is 10.00 Å². The Bertz CT molecular complexity index is 1000. The van der Waals surface area contributed by atoms with Crippen LogP contribution >= 0.6 is 0 Å². The normalized spacial score (nSPS) is 13.1. The second kappa shape index (κ2) is 7.34. The van der Waals surface area contributed by atoms with E-state index in [-0.39, 0.29) is 5.91 Å². The van der Waals surface area contributed by atoms with Crippen LogP contribution in [0.1, 0.15) is 27.3 Å². The van der Waals surface area contributed by atoms with Gasteiger partial charge >= 0.3 is 0 Å². The topological polar surface area (TPSA) is 71.2 Å². The van der Waals surface area contributed by atoms with Crippen molar-refractivity contribution >= 4 is 5.91 Å². The first-order valence-corrected chi connectivity index (χ1v) is 8.76. The number of rotatable bonds is 5. The van der Waals surface area contributed by atoms with Gasteiger partial charge in [-0.1, -0.05) is 30.3 Å². The average molecular weight is 358 g/mol. The van der Waals surface area contributed by atoms with Crippen LogP contribution in [0.5, 0.6) is 5.75 Å². The zero-order chi connectivity index (χ0) is 18.6.